The van der Waals surface area contributed by atoms with Crippen LogP contribution < -0.4 is 5.32 Å². The van der Waals surface area contributed by atoms with Crippen LogP contribution in [0.5, 0.6) is 0 Å². The molecule has 1 aliphatic heterocycles. The highest BCUT2D eigenvalue weighted by Crippen LogP contribution is 2.41. The fourth-order valence-corrected chi connectivity index (χ4v) is 4.10. The van der Waals surface area contributed by atoms with E-state index in [4.69, 9.17) is 11.6 Å². The summed E-state index contributed by atoms with van der Waals surface area (Å²) in [6, 6.07) is 1.03. The van der Waals surface area contributed by atoms with Gasteiger partial charge in [-0.05, 0) is 24.3 Å². The van der Waals surface area contributed by atoms with Crippen LogP contribution in [0, 0.1) is 5.92 Å². The number of nitrogens with one attached hydrogen (secondary N) is 1. The van der Waals surface area contributed by atoms with Gasteiger partial charge in [-0.2, -0.15) is 26.3 Å². The quantitative estimate of drug-likeness (QED) is 0.507. The third kappa shape index (κ3) is 4.52. The molecule has 1 aromatic rings. The Bertz CT molecular complexity index is 909. The van der Waals surface area contributed by atoms with Gasteiger partial charge in [0, 0.05) is 11.3 Å². The molecule has 0 radical (unpaired) electrons. The molecule has 2 N–H and O–H groups in total. The second kappa shape index (κ2) is 7.61. The van der Waals surface area contributed by atoms with Crippen LogP contribution in [-0.4, -0.2) is 27.4 Å². The van der Waals surface area contributed by atoms with E-state index in [1.165, 1.54) is 23.8 Å². The summed E-state index contributed by atoms with van der Waals surface area (Å²) in [6.07, 6.45) is -4.90. The molecule has 3 unspecified atom stereocenters. The third-order valence-corrected chi connectivity index (χ3v) is 5.70. The van der Waals surface area contributed by atoms with Gasteiger partial charge in [0.2, 0.25) is 5.91 Å². The number of rotatable bonds is 3. The Morgan fingerprint density at radius 1 is 1.13 bits per heavy atom. The van der Waals surface area contributed by atoms with Crippen LogP contribution in [-0.2, 0) is 22.8 Å². The maximum absolute atomic E-state index is 13.2. The molecule has 0 fully saturated rings. The average Bonchev–Trinajstić information content (AvgIpc) is 3.09. The fourth-order valence-electron chi connectivity index (χ4n) is 2.97. The van der Waals surface area contributed by atoms with Crippen molar-refractivity contribution in [2.24, 2.45) is 10.9 Å². The number of hydrogen-bond acceptors (Lipinski definition) is 4. The molecule has 0 saturated carbocycles. The van der Waals surface area contributed by atoms with Crippen molar-refractivity contribution in [3.05, 3.63) is 59.2 Å². The van der Waals surface area contributed by atoms with Crippen molar-refractivity contribution >= 4 is 34.8 Å². The Kier molecular flexibility index (Phi) is 5.76. The summed E-state index contributed by atoms with van der Waals surface area (Å²) in [7, 11) is 0. The molecule has 3 atom stereocenters. The molecule has 12 heteroatoms. The Balaban J connectivity index is 2.06. The molecule has 162 valence electrons. The Labute approximate surface area is 175 Å². The number of nitrogens with zero attached hydrogens (tertiary/aromatic N) is 1. The van der Waals surface area contributed by atoms with Gasteiger partial charge in [-0.1, -0.05) is 29.8 Å². The minimum Gasteiger partial charge on any atom is -0.370 e. The number of aliphatic hydroxyl groups is 1. The lowest BCUT2D eigenvalue weighted by atomic mass is 9.92. The number of carbonyl (C=O) groups is 1. The van der Waals surface area contributed by atoms with Gasteiger partial charge in [0.1, 0.15) is 5.92 Å². The normalized spacial score (nSPS) is 28.7. The van der Waals surface area contributed by atoms with Gasteiger partial charge >= 0.3 is 12.4 Å². The number of amides is 1. The highest BCUT2D eigenvalue weighted by Gasteiger charge is 2.45. The zero-order valence-corrected chi connectivity index (χ0v) is 16.3. The molecular weight excluding hydrogens is 458 g/mol. The highest BCUT2D eigenvalue weighted by molar-refractivity contribution is 8.12. The highest BCUT2D eigenvalue weighted by atomic mass is 35.5. The molecule has 1 amide bonds. The lowest BCUT2D eigenvalue weighted by Crippen LogP contribution is -2.51. The van der Waals surface area contributed by atoms with Gasteiger partial charge < -0.3 is 10.4 Å². The Morgan fingerprint density at radius 2 is 1.73 bits per heavy atom. The number of hydrogen-bond donors (Lipinski definition) is 2. The summed E-state index contributed by atoms with van der Waals surface area (Å²) >= 11 is 6.89. The lowest BCUT2D eigenvalue weighted by molar-refractivity contribution is -0.143. The molecule has 4 nitrogen and oxygen atoms in total. The molecule has 3 rings (SSSR count). The molecule has 2 aliphatic rings. The van der Waals surface area contributed by atoms with Crippen molar-refractivity contribution in [1.29, 1.82) is 0 Å². The minimum absolute atomic E-state index is 0.00297. The monoisotopic (exact) mass is 470 g/mol. The van der Waals surface area contributed by atoms with Crippen molar-refractivity contribution in [3.63, 3.8) is 0 Å². The van der Waals surface area contributed by atoms with Crippen molar-refractivity contribution in [2.75, 3.05) is 5.75 Å². The minimum atomic E-state index is -5.05. The van der Waals surface area contributed by atoms with E-state index in [2.05, 4.69) is 10.3 Å². The number of benzene rings is 1. The van der Waals surface area contributed by atoms with Gasteiger partial charge in [-0.15, -0.1) is 11.8 Å². The van der Waals surface area contributed by atoms with Crippen molar-refractivity contribution < 1.29 is 36.2 Å². The summed E-state index contributed by atoms with van der Waals surface area (Å²) in [5.41, 5.74) is -4.22. The molecular formula is C18H13ClF6N2O2S. The number of allylic oxidation sites excluding steroid dienone is 2. The van der Waals surface area contributed by atoms with Gasteiger partial charge in [0.15, 0.2) is 10.7 Å². The first-order valence-electron chi connectivity index (χ1n) is 8.29. The van der Waals surface area contributed by atoms with E-state index in [1.807, 2.05) is 0 Å². The second-order valence-corrected chi connectivity index (χ2v) is 8.08. The van der Waals surface area contributed by atoms with Gasteiger partial charge in [-0.3, -0.25) is 9.79 Å². The first-order valence-corrected chi connectivity index (χ1v) is 9.72. The maximum Gasteiger partial charge on any atom is 0.416 e. The van der Waals surface area contributed by atoms with Crippen LogP contribution in [0.3, 0.4) is 0 Å². The van der Waals surface area contributed by atoms with E-state index in [0.29, 0.717) is 12.1 Å². The maximum atomic E-state index is 13.2. The summed E-state index contributed by atoms with van der Waals surface area (Å²) in [5, 5.41) is 10.4. The number of carbonyl (C=O) groups excluding carboxylic acids is 1. The van der Waals surface area contributed by atoms with Crippen LogP contribution in [0.1, 0.15) is 16.7 Å². The summed E-state index contributed by atoms with van der Waals surface area (Å²) < 4.78 is 79.4. The van der Waals surface area contributed by atoms with Crippen LogP contribution in [0.15, 0.2) is 47.5 Å². The number of alkyl halides is 7. The SMILES string of the molecule is O=C(NC1(c2cc(C(F)(F)F)cc(C(F)(F)F)c2)CSC=N1)C1C=CC=CC1(O)Cl. The molecule has 0 aromatic heterocycles. The lowest BCUT2D eigenvalue weighted by Gasteiger charge is -2.33. The predicted octanol–water partition coefficient (Wildman–Crippen LogP) is 4.44. The summed E-state index contributed by atoms with van der Waals surface area (Å²) in [6.45, 7) is 0. The van der Waals surface area contributed by atoms with Crippen molar-refractivity contribution in [1.82, 2.24) is 5.32 Å². The Morgan fingerprint density at radius 3 is 2.20 bits per heavy atom. The first kappa shape index (κ1) is 22.7. The standard InChI is InChI=1S/C18H13ClF6N2O2S/c19-15(29)4-2-1-3-13(15)14(28)27-16(8-30-9-26-16)10-5-11(17(20,21)22)7-12(6-10)18(23,24)25/h1-7,9,13,29H,8H2,(H,27,28). The summed E-state index contributed by atoms with van der Waals surface area (Å²) in [4.78, 5) is 16.7. The van der Waals surface area contributed by atoms with Crippen molar-refractivity contribution in [3.8, 4) is 0 Å². The van der Waals surface area contributed by atoms with Gasteiger partial charge in [-0.25, -0.2) is 0 Å². The smallest absolute Gasteiger partial charge is 0.370 e. The molecule has 0 bridgehead atoms. The Hall–Kier alpha value is -1.98. The van der Waals surface area contributed by atoms with Gasteiger partial charge in [0.05, 0.1) is 16.7 Å². The molecule has 1 heterocycles. The first-order chi connectivity index (χ1) is 13.7. The van der Waals surface area contributed by atoms with E-state index >= 15 is 0 Å². The third-order valence-electron chi connectivity index (χ3n) is 4.50. The van der Waals surface area contributed by atoms with E-state index in [-0.39, 0.29) is 11.8 Å². The topological polar surface area (TPSA) is 61.7 Å². The van der Waals surface area contributed by atoms with Crippen molar-refractivity contribution in [2.45, 2.75) is 23.1 Å². The largest absolute Gasteiger partial charge is 0.416 e. The van der Waals surface area contributed by atoms with E-state index in [1.54, 1.807) is 0 Å². The average molecular weight is 471 g/mol. The summed E-state index contributed by atoms with van der Waals surface area (Å²) in [5.74, 6) is -2.40. The van der Waals surface area contributed by atoms with Gasteiger partial charge in [0.25, 0.3) is 0 Å². The number of aliphatic imine (C=N–C) groups is 1. The second-order valence-electron chi connectivity index (χ2n) is 6.64. The van der Waals surface area contributed by atoms with Crippen LogP contribution >= 0.6 is 23.4 Å². The number of halogens is 7. The zero-order valence-electron chi connectivity index (χ0n) is 14.8. The molecule has 0 spiro atoms. The molecule has 30 heavy (non-hydrogen) atoms. The van der Waals surface area contributed by atoms with Crippen LogP contribution in [0.25, 0.3) is 0 Å². The van der Waals surface area contributed by atoms with Crippen LogP contribution in [0.4, 0.5) is 26.3 Å². The predicted molar refractivity (Wildman–Crippen MR) is 99.8 cm³/mol. The number of thioether (sulfide) groups is 1. The zero-order chi connectivity index (χ0) is 22.4. The molecule has 0 saturated heterocycles. The van der Waals surface area contributed by atoms with E-state index in [0.717, 1.165) is 17.8 Å². The van der Waals surface area contributed by atoms with Crippen LogP contribution in [0.2, 0.25) is 0 Å². The van der Waals surface area contributed by atoms with E-state index in [9.17, 15) is 36.2 Å². The molecule has 1 aromatic carbocycles. The van der Waals surface area contributed by atoms with E-state index < -0.39 is 51.6 Å². The fraction of sp³-hybridized carbons (Fsp3) is 0.333. The molecule has 1 aliphatic carbocycles.